The molecule has 2 aromatic rings. The SMILES string of the molecule is CCC[C@@H]1CCCN(C(=O)CCc2nnc(-c3ccsc3)o2)CC1. The van der Waals surface area contributed by atoms with Crippen LogP contribution < -0.4 is 0 Å². The molecule has 3 heterocycles. The Morgan fingerprint density at radius 3 is 3.08 bits per heavy atom. The van der Waals surface area contributed by atoms with Crippen molar-refractivity contribution >= 4 is 17.2 Å². The fourth-order valence-corrected chi connectivity index (χ4v) is 3.97. The molecule has 1 fully saturated rings. The van der Waals surface area contributed by atoms with E-state index >= 15 is 0 Å². The van der Waals surface area contributed by atoms with Gasteiger partial charge in [0.2, 0.25) is 17.7 Å². The third kappa shape index (κ3) is 4.44. The minimum atomic E-state index is 0.211. The van der Waals surface area contributed by atoms with Gasteiger partial charge in [0.25, 0.3) is 0 Å². The van der Waals surface area contributed by atoms with Crippen molar-refractivity contribution in [1.29, 1.82) is 0 Å². The molecule has 0 aromatic carbocycles. The number of carbonyl (C=O) groups is 1. The zero-order valence-corrected chi connectivity index (χ0v) is 15.1. The van der Waals surface area contributed by atoms with Crippen LogP contribution in [0.15, 0.2) is 21.2 Å². The highest BCUT2D eigenvalue weighted by atomic mass is 32.1. The molecule has 130 valence electrons. The zero-order chi connectivity index (χ0) is 16.8. The van der Waals surface area contributed by atoms with Gasteiger partial charge in [0.1, 0.15) is 0 Å². The Balaban J connectivity index is 1.48. The second kappa shape index (κ2) is 8.42. The van der Waals surface area contributed by atoms with E-state index in [2.05, 4.69) is 17.1 Å². The Kier molecular flexibility index (Phi) is 6.01. The van der Waals surface area contributed by atoms with Crippen LogP contribution in [-0.2, 0) is 11.2 Å². The highest BCUT2D eigenvalue weighted by Gasteiger charge is 2.20. The quantitative estimate of drug-likeness (QED) is 0.787. The first-order valence-electron chi connectivity index (χ1n) is 8.89. The molecular formula is C18H25N3O2S. The predicted octanol–water partition coefficient (Wildman–Crippen LogP) is 4.16. The van der Waals surface area contributed by atoms with Crippen molar-refractivity contribution in [2.75, 3.05) is 13.1 Å². The van der Waals surface area contributed by atoms with Crippen molar-refractivity contribution in [2.45, 2.75) is 51.9 Å². The topological polar surface area (TPSA) is 59.2 Å². The van der Waals surface area contributed by atoms with E-state index in [0.717, 1.165) is 37.4 Å². The van der Waals surface area contributed by atoms with Crippen molar-refractivity contribution in [1.82, 2.24) is 15.1 Å². The first-order chi connectivity index (χ1) is 11.8. The molecule has 0 unspecified atom stereocenters. The summed E-state index contributed by atoms with van der Waals surface area (Å²) in [5, 5.41) is 12.1. The maximum Gasteiger partial charge on any atom is 0.248 e. The molecule has 2 aromatic heterocycles. The smallest absolute Gasteiger partial charge is 0.248 e. The Labute approximate surface area is 147 Å². The van der Waals surface area contributed by atoms with Crippen molar-refractivity contribution in [3.8, 4) is 11.5 Å². The van der Waals surface area contributed by atoms with Gasteiger partial charge in [-0.2, -0.15) is 11.3 Å². The van der Waals surface area contributed by atoms with Gasteiger partial charge in [-0.15, -0.1) is 10.2 Å². The molecule has 6 heteroatoms. The number of carbonyl (C=O) groups excluding carboxylic acids is 1. The Morgan fingerprint density at radius 1 is 1.38 bits per heavy atom. The highest BCUT2D eigenvalue weighted by Crippen LogP contribution is 2.23. The van der Waals surface area contributed by atoms with Crippen LogP contribution in [0.2, 0.25) is 0 Å². The predicted molar refractivity (Wildman–Crippen MR) is 94.8 cm³/mol. The fourth-order valence-electron chi connectivity index (χ4n) is 3.34. The third-order valence-electron chi connectivity index (χ3n) is 4.69. The summed E-state index contributed by atoms with van der Waals surface area (Å²) in [5.74, 6) is 2.08. The lowest BCUT2D eigenvalue weighted by Crippen LogP contribution is -2.32. The lowest BCUT2D eigenvalue weighted by atomic mass is 9.96. The molecule has 0 saturated carbocycles. The summed E-state index contributed by atoms with van der Waals surface area (Å²) in [4.78, 5) is 14.5. The number of likely N-dealkylation sites (tertiary alicyclic amines) is 1. The van der Waals surface area contributed by atoms with E-state index in [4.69, 9.17) is 4.42 Å². The van der Waals surface area contributed by atoms with Crippen LogP contribution in [0.25, 0.3) is 11.5 Å². The van der Waals surface area contributed by atoms with Gasteiger partial charge in [0, 0.05) is 36.9 Å². The van der Waals surface area contributed by atoms with Gasteiger partial charge in [0.05, 0.1) is 0 Å². The molecular weight excluding hydrogens is 322 g/mol. The van der Waals surface area contributed by atoms with Gasteiger partial charge in [-0.1, -0.05) is 19.8 Å². The molecule has 0 radical (unpaired) electrons. The van der Waals surface area contributed by atoms with Gasteiger partial charge >= 0.3 is 0 Å². The van der Waals surface area contributed by atoms with Gasteiger partial charge in [-0.05, 0) is 36.6 Å². The van der Waals surface area contributed by atoms with E-state index in [1.807, 2.05) is 21.7 Å². The van der Waals surface area contributed by atoms with Crippen molar-refractivity contribution in [3.05, 3.63) is 22.7 Å². The maximum absolute atomic E-state index is 12.5. The summed E-state index contributed by atoms with van der Waals surface area (Å²) in [5.41, 5.74) is 0.944. The second-order valence-electron chi connectivity index (χ2n) is 6.48. The van der Waals surface area contributed by atoms with Crippen LogP contribution in [0, 0.1) is 5.92 Å². The fraction of sp³-hybridized carbons (Fsp3) is 0.611. The average molecular weight is 347 g/mol. The summed E-state index contributed by atoms with van der Waals surface area (Å²) in [6.45, 7) is 4.03. The highest BCUT2D eigenvalue weighted by molar-refractivity contribution is 7.08. The molecule has 1 aliphatic heterocycles. The van der Waals surface area contributed by atoms with E-state index in [1.54, 1.807) is 11.3 Å². The lowest BCUT2D eigenvalue weighted by molar-refractivity contribution is -0.131. The largest absolute Gasteiger partial charge is 0.421 e. The standard InChI is InChI=1S/C18H25N3O2S/c1-2-4-14-5-3-10-21(11-8-14)17(22)7-6-16-19-20-18(23-16)15-9-12-24-13-15/h9,12-14H,2-8,10-11H2,1H3/t14-/m1/s1. The van der Waals surface area contributed by atoms with Crippen LogP contribution >= 0.6 is 11.3 Å². The van der Waals surface area contributed by atoms with Gasteiger partial charge in [-0.25, -0.2) is 0 Å². The first kappa shape index (κ1) is 17.1. The van der Waals surface area contributed by atoms with E-state index in [9.17, 15) is 4.79 Å². The minimum Gasteiger partial charge on any atom is -0.421 e. The first-order valence-corrected chi connectivity index (χ1v) is 9.83. The molecule has 0 N–H and O–H groups in total. The summed E-state index contributed by atoms with van der Waals surface area (Å²) >= 11 is 1.60. The van der Waals surface area contributed by atoms with E-state index in [-0.39, 0.29) is 5.91 Å². The zero-order valence-electron chi connectivity index (χ0n) is 14.2. The molecule has 1 atom stereocenters. The molecule has 0 bridgehead atoms. The average Bonchev–Trinajstić information content (AvgIpc) is 3.22. The number of amides is 1. The number of hydrogen-bond acceptors (Lipinski definition) is 5. The number of rotatable bonds is 6. The molecule has 1 amide bonds. The number of thiophene rings is 1. The van der Waals surface area contributed by atoms with Crippen LogP contribution in [0.4, 0.5) is 0 Å². The third-order valence-corrected chi connectivity index (χ3v) is 5.37. The summed E-state index contributed by atoms with van der Waals surface area (Å²) in [6.07, 6.45) is 7.01. The normalized spacial score (nSPS) is 18.5. The number of nitrogens with zero attached hydrogens (tertiary/aromatic N) is 3. The Hall–Kier alpha value is -1.69. The van der Waals surface area contributed by atoms with Gasteiger partial charge in [0.15, 0.2) is 0 Å². The lowest BCUT2D eigenvalue weighted by Gasteiger charge is -2.20. The molecule has 0 aliphatic carbocycles. The van der Waals surface area contributed by atoms with E-state index in [0.29, 0.717) is 24.6 Å². The number of aromatic nitrogens is 2. The van der Waals surface area contributed by atoms with Gasteiger partial charge < -0.3 is 9.32 Å². The number of hydrogen-bond donors (Lipinski definition) is 0. The van der Waals surface area contributed by atoms with E-state index in [1.165, 1.54) is 19.3 Å². The van der Waals surface area contributed by atoms with Gasteiger partial charge in [-0.3, -0.25) is 4.79 Å². The summed E-state index contributed by atoms with van der Waals surface area (Å²) in [6, 6.07) is 1.96. The summed E-state index contributed by atoms with van der Waals surface area (Å²) < 4.78 is 5.65. The van der Waals surface area contributed by atoms with Crippen LogP contribution in [-0.4, -0.2) is 34.1 Å². The maximum atomic E-state index is 12.5. The Bertz CT molecular complexity index is 638. The number of aryl methyl sites for hydroxylation is 1. The van der Waals surface area contributed by atoms with Crippen LogP contribution in [0.1, 0.15) is 51.3 Å². The van der Waals surface area contributed by atoms with Crippen molar-refractivity contribution in [3.63, 3.8) is 0 Å². The molecule has 1 saturated heterocycles. The Morgan fingerprint density at radius 2 is 2.29 bits per heavy atom. The van der Waals surface area contributed by atoms with Crippen molar-refractivity contribution in [2.24, 2.45) is 5.92 Å². The molecule has 0 spiro atoms. The molecule has 3 rings (SSSR count). The molecule has 1 aliphatic rings. The van der Waals surface area contributed by atoms with Crippen LogP contribution in [0.5, 0.6) is 0 Å². The van der Waals surface area contributed by atoms with E-state index < -0.39 is 0 Å². The summed E-state index contributed by atoms with van der Waals surface area (Å²) in [7, 11) is 0. The second-order valence-corrected chi connectivity index (χ2v) is 7.26. The molecule has 24 heavy (non-hydrogen) atoms. The molecule has 5 nitrogen and oxygen atoms in total. The van der Waals surface area contributed by atoms with Crippen molar-refractivity contribution < 1.29 is 9.21 Å². The minimum absolute atomic E-state index is 0.211. The monoisotopic (exact) mass is 347 g/mol. The van der Waals surface area contributed by atoms with Crippen LogP contribution in [0.3, 0.4) is 0 Å².